The van der Waals surface area contributed by atoms with Crippen molar-refractivity contribution in [2.24, 2.45) is 4.99 Å². The molecular formula is C19H24N2O7. The number of hydrogen-bond donors (Lipinski definition) is 6. The lowest BCUT2D eigenvalue weighted by Crippen LogP contribution is -2.58. The topological polar surface area (TPSA) is 148 Å². The molecule has 5 atom stereocenters. The number of phenols is 1. The molecule has 6 N–H and O–H groups in total. The van der Waals surface area contributed by atoms with Crippen molar-refractivity contribution in [3.05, 3.63) is 23.4 Å². The molecule has 152 valence electrons. The Balaban J connectivity index is 1.67. The quantitative estimate of drug-likeness (QED) is 0.409. The average Bonchev–Trinajstić information content (AvgIpc) is 3.09. The standard InChI is InChI=1S/C19H24N2O7/c1-27-11-3-2-8-9-4-5-20-10(14(9)21-15(8)16(11)23)6-12-17(24)19(26)18(25)13(7-22)28-12/h2-3,12-13,17-19,21-26H,4-7H2,1H3/t12?,13-,17+,18-,19-/m1/s1. The van der Waals surface area contributed by atoms with Crippen LogP contribution in [0.15, 0.2) is 17.1 Å². The SMILES string of the molecule is COc1ccc2c3c([nH]c2c1O)C(CC1O[C@H](CO)[C@@H](O)[C@H](O)[C@H]1O)=NCC3. The Labute approximate surface area is 160 Å². The number of fused-ring (bicyclic) bond motifs is 3. The maximum absolute atomic E-state index is 10.4. The van der Waals surface area contributed by atoms with Gasteiger partial charge >= 0.3 is 0 Å². The third-order valence-electron chi connectivity index (χ3n) is 5.58. The minimum atomic E-state index is -1.42. The van der Waals surface area contributed by atoms with E-state index in [1.54, 1.807) is 6.07 Å². The van der Waals surface area contributed by atoms with Crippen LogP contribution in [0.1, 0.15) is 17.7 Å². The summed E-state index contributed by atoms with van der Waals surface area (Å²) in [5.41, 5.74) is 2.93. The number of benzene rings is 1. The number of nitrogens with one attached hydrogen (secondary N) is 1. The molecule has 0 amide bonds. The van der Waals surface area contributed by atoms with Crippen molar-refractivity contribution in [2.75, 3.05) is 20.3 Å². The van der Waals surface area contributed by atoms with Crippen LogP contribution < -0.4 is 4.74 Å². The maximum Gasteiger partial charge on any atom is 0.182 e. The maximum atomic E-state index is 10.4. The van der Waals surface area contributed by atoms with Gasteiger partial charge in [0.2, 0.25) is 0 Å². The first kappa shape index (κ1) is 19.2. The summed E-state index contributed by atoms with van der Waals surface area (Å²) in [5.74, 6) is 0.375. The lowest BCUT2D eigenvalue weighted by molar-refractivity contribution is -0.227. The van der Waals surface area contributed by atoms with E-state index in [-0.39, 0.29) is 12.2 Å². The molecule has 4 rings (SSSR count). The summed E-state index contributed by atoms with van der Waals surface area (Å²) in [7, 11) is 1.48. The van der Waals surface area contributed by atoms with Gasteiger partial charge in [0.05, 0.1) is 36.7 Å². The summed E-state index contributed by atoms with van der Waals surface area (Å²) in [6.07, 6.45) is -5.05. The molecule has 0 bridgehead atoms. The lowest BCUT2D eigenvalue weighted by Gasteiger charge is -2.40. The van der Waals surface area contributed by atoms with Crippen LogP contribution in [0, 0.1) is 0 Å². The first-order valence-electron chi connectivity index (χ1n) is 9.21. The normalized spacial score (nSPS) is 30.2. The number of methoxy groups -OCH3 is 1. The van der Waals surface area contributed by atoms with E-state index < -0.39 is 37.1 Å². The fraction of sp³-hybridized carbons (Fsp3) is 0.526. The van der Waals surface area contributed by atoms with Crippen LogP contribution in [-0.4, -0.2) is 87.0 Å². The van der Waals surface area contributed by atoms with Crippen LogP contribution in [0.3, 0.4) is 0 Å². The predicted octanol–water partition coefficient (Wildman–Crippen LogP) is -0.540. The van der Waals surface area contributed by atoms with Crippen molar-refractivity contribution < 1.29 is 35.0 Å². The molecule has 9 nitrogen and oxygen atoms in total. The van der Waals surface area contributed by atoms with Gasteiger partial charge in [-0.1, -0.05) is 0 Å². The van der Waals surface area contributed by atoms with E-state index in [1.165, 1.54) is 7.11 Å². The second-order valence-corrected chi connectivity index (χ2v) is 7.17. The van der Waals surface area contributed by atoms with Crippen LogP contribution in [0.4, 0.5) is 0 Å². The highest BCUT2D eigenvalue weighted by molar-refractivity contribution is 6.07. The minimum absolute atomic E-state index is 0.0154. The van der Waals surface area contributed by atoms with E-state index >= 15 is 0 Å². The van der Waals surface area contributed by atoms with E-state index in [1.807, 2.05) is 6.07 Å². The molecule has 2 aliphatic rings. The summed E-state index contributed by atoms with van der Waals surface area (Å²) >= 11 is 0. The van der Waals surface area contributed by atoms with E-state index in [0.29, 0.717) is 29.9 Å². The summed E-state index contributed by atoms with van der Waals surface area (Å²) in [5, 5.41) is 50.9. The van der Waals surface area contributed by atoms with Crippen molar-refractivity contribution >= 4 is 16.6 Å². The van der Waals surface area contributed by atoms with Crippen LogP contribution in [-0.2, 0) is 11.2 Å². The number of H-pyrrole nitrogens is 1. The van der Waals surface area contributed by atoms with Crippen molar-refractivity contribution in [1.29, 1.82) is 0 Å². The molecule has 0 saturated carbocycles. The fourth-order valence-corrected chi connectivity index (χ4v) is 4.04. The fourth-order valence-electron chi connectivity index (χ4n) is 4.04. The number of rotatable bonds is 4. The molecule has 1 saturated heterocycles. The smallest absolute Gasteiger partial charge is 0.182 e. The second kappa shape index (κ2) is 7.34. The van der Waals surface area contributed by atoms with Crippen LogP contribution in [0.2, 0.25) is 0 Å². The van der Waals surface area contributed by atoms with Gasteiger partial charge < -0.3 is 40.0 Å². The molecule has 1 aromatic heterocycles. The zero-order chi connectivity index (χ0) is 20.0. The number of aromatic amines is 1. The largest absolute Gasteiger partial charge is 0.503 e. The second-order valence-electron chi connectivity index (χ2n) is 7.17. The van der Waals surface area contributed by atoms with Crippen molar-refractivity contribution in [1.82, 2.24) is 4.98 Å². The highest BCUT2D eigenvalue weighted by atomic mass is 16.5. The van der Waals surface area contributed by atoms with E-state index in [2.05, 4.69) is 9.98 Å². The Morgan fingerprint density at radius 2 is 1.93 bits per heavy atom. The molecule has 1 fully saturated rings. The molecule has 28 heavy (non-hydrogen) atoms. The molecule has 2 aliphatic heterocycles. The number of nitrogens with zero attached hydrogens (tertiary/aromatic N) is 1. The Hall–Kier alpha value is -2.17. The van der Waals surface area contributed by atoms with Gasteiger partial charge in [-0.15, -0.1) is 0 Å². The number of hydrogen-bond acceptors (Lipinski definition) is 8. The summed E-state index contributed by atoms with van der Waals surface area (Å²) in [6, 6.07) is 3.58. The van der Waals surface area contributed by atoms with Crippen LogP contribution in [0.25, 0.3) is 10.9 Å². The van der Waals surface area contributed by atoms with E-state index in [4.69, 9.17) is 9.47 Å². The Kier molecular flexibility index (Phi) is 5.02. The molecule has 1 unspecified atom stereocenters. The van der Waals surface area contributed by atoms with E-state index in [0.717, 1.165) is 16.6 Å². The number of aliphatic hydroxyl groups is 4. The number of aromatic hydroxyl groups is 1. The number of aliphatic hydroxyl groups excluding tert-OH is 4. The Morgan fingerprint density at radius 3 is 2.64 bits per heavy atom. The first-order chi connectivity index (χ1) is 13.5. The molecule has 0 aliphatic carbocycles. The molecule has 2 aromatic rings. The summed E-state index contributed by atoms with van der Waals surface area (Å²) in [4.78, 5) is 7.74. The third-order valence-corrected chi connectivity index (χ3v) is 5.58. The minimum Gasteiger partial charge on any atom is -0.503 e. The molecule has 1 aromatic carbocycles. The summed E-state index contributed by atoms with van der Waals surface area (Å²) < 4.78 is 10.8. The van der Waals surface area contributed by atoms with Gasteiger partial charge in [0.15, 0.2) is 11.5 Å². The zero-order valence-electron chi connectivity index (χ0n) is 15.4. The highest BCUT2D eigenvalue weighted by Crippen LogP contribution is 2.38. The van der Waals surface area contributed by atoms with Gasteiger partial charge in [0, 0.05) is 18.4 Å². The van der Waals surface area contributed by atoms with Gasteiger partial charge in [0.1, 0.15) is 24.4 Å². The lowest BCUT2D eigenvalue weighted by atomic mass is 9.90. The molecular weight excluding hydrogens is 368 g/mol. The van der Waals surface area contributed by atoms with Gasteiger partial charge in [-0.2, -0.15) is 0 Å². The molecule has 3 heterocycles. The van der Waals surface area contributed by atoms with Crippen LogP contribution in [0.5, 0.6) is 11.5 Å². The molecule has 0 radical (unpaired) electrons. The van der Waals surface area contributed by atoms with Crippen LogP contribution >= 0.6 is 0 Å². The average molecular weight is 392 g/mol. The van der Waals surface area contributed by atoms with Crippen molar-refractivity contribution in [3.63, 3.8) is 0 Å². The number of aromatic nitrogens is 1. The monoisotopic (exact) mass is 392 g/mol. The number of ether oxygens (including phenoxy) is 2. The summed E-state index contributed by atoms with van der Waals surface area (Å²) in [6.45, 7) is 0.0682. The van der Waals surface area contributed by atoms with Crippen molar-refractivity contribution in [3.8, 4) is 11.5 Å². The molecule has 0 spiro atoms. The third kappa shape index (κ3) is 2.96. The Bertz CT molecular complexity index is 907. The van der Waals surface area contributed by atoms with Gasteiger partial charge in [-0.25, -0.2) is 0 Å². The highest BCUT2D eigenvalue weighted by Gasteiger charge is 2.44. The Morgan fingerprint density at radius 1 is 1.18 bits per heavy atom. The first-order valence-corrected chi connectivity index (χ1v) is 9.21. The molecule has 9 heteroatoms. The van der Waals surface area contributed by atoms with E-state index in [9.17, 15) is 25.5 Å². The van der Waals surface area contributed by atoms with Crippen molar-refractivity contribution in [2.45, 2.75) is 43.4 Å². The van der Waals surface area contributed by atoms with Gasteiger partial charge in [0.25, 0.3) is 0 Å². The van der Waals surface area contributed by atoms with Gasteiger partial charge in [-0.05, 0) is 24.1 Å². The zero-order valence-corrected chi connectivity index (χ0v) is 15.4. The number of aliphatic imine (C=N–C) groups is 1. The van der Waals surface area contributed by atoms with Gasteiger partial charge in [-0.3, -0.25) is 4.99 Å². The number of phenolic OH excluding ortho intramolecular Hbond substituents is 1. The predicted molar refractivity (Wildman–Crippen MR) is 100 cm³/mol.